The molecule has 0 spiro atoms. The summed E-state index contributed by atoms with van der Waals surface area (Å²) in [5, 5.41) is 18.4. The van der Waals surface area contributed by atoms with Gasteiger partial charge in [0.05, 0.1) is 6.61 Å². The summed E-state index contributed by atoms with van der Waals surface area (Å²) < 4.78 is 13.2. The van der Waals surface area contributed by atoms with Gasteiger partial charge in [-0.2, -0.15) is 0 Å². The van der Waals surface area contributed by atoms with Gasteiger partial charge in [-0.25, -0.2) is 9.38 Å². The third-order valence-electron chi connectivity index (χ3n) is 3.84. The monoisotopic (exact) mass is 500 g/mol. The second kappa shape index (κ2) is 13.1. The van der Waals surface area contributed by atoms with E-state index in [1.165, 1.54) is 18.2 Å². The first-order valence-corrected chi connectivity index (χ1v) is 8.85. The van der Waals surface area contributed by atoms with Crippen LogP contribution < -0.4 is 16.0 Å². The smallest absolute Gasteiger partial charge is 0.246 e. The van der Waals surface area contributed by atoms with Crippen LogP contribution in [0, 0.1) is 5.82 Å². The summed E-state index contributed by atoms with van der Waals surface area (Å²) in [5.41, 5.74) is 1.41. The van der Waals surface area contributed by atoms with Crippen molar-refractivity contribution >= 4 is 41.5 Å². The number of carbonyl (C=O) groups excluding carboxylic acids is 1. The van der Waals surface area contributed by atoms with Gasteiger partial charge in [-0.3, -0.25) is 4.79 Å². The maximum Gasteiger partial charge on any atom is 0.246 e. The van der Waals surface area contributed by atoms with Crippen molar-refractivity contribution in [2.45, 2.75) is 12.8 Å². The zero-order chi connectivity index (χ0) is 19.5. The summed E-state index contributed by atoms with van der Waals surface area (Å²) in [6.45, 7) is 2.91. The fraction of sp³-hybridized carbons (Fsp3) is 0.300. The molecule has 4 N–H and O–H groups in total. The molecule has 0 saturated heterocycles. The highest BCUT2D eigenvalue weighted by Gasteiger charge is 2.11. The van der Waals surface area contributed by atoms with Gasteiger partial charge < -0.3 is 21.1 Å². The van der Waals surface area contributed by atoms with Crippen molar-refractivity contribution in [2.24, 2.45) is 4.99 Å². The third kappa shape index (κ3) is 8.22. The Morgan fingerprint density at radius 2 is 1.89 bits per heavy atom. The quantitative estimate of drug-likeness (QED) is 0.255. The van der Waals surface area contributed by atoms with Crippen molar-refractivity contribution in [3.05, 3.63) is 66.0 Å². The van der Waals surface area contributed by atoms with Crippen LogP contribution in [-0.4, -0.2) is 43.2 Å². The Labute approximate surface area is 181 Å². The van der Waals surface area contributed by atoms with E-state index in [1.807, 2.05) is 37.3 Å². The van der Waals surface area contributed by atoms with Crippen LogP contribution in [0.25, 0.3) is 0 Å². The Kier molecular flexibility index (Phi) is 11.1. The number of rotatable bonds is 8. The normalized spacial score (nSPS) is 11.9. The van der Waals surface area contributed by atoms with E-state index in [0.29, 0.717) is 24.7 Å². The topological polar surface area (TPSA) is 85.8 Å². The van der Waals surface area contributed by atoms with Crippen molar-refractivity contribution in [1.82, 2.24) is 10.6 Å². The molecule has 0 fully saturated rings. The highest BCUT2D eigenvalue weighted by molar-refractivity contribution is 14.0. The number of aliphatic hydroxyl groups is 1. The largest absolute Gasteiger partial charge is 0.396 e. The number of hydrogen-bond donors (Lipinski definition) is 4. The van der Waals surface area contributed by atoms with Gasteiger partial charge in [-0.05, 0) is 30.7 Å². The number of halogens is 2. The predicted octanol–water partition coefficient (Wildman–Crippen LogP) is 2.71. The standard InChI is InChI=1S/C20H25FN4O2.HI/c1-2-22-20(23-12-16(14-26)15-7-4-3-5-8-15)24-13-19(27)25-18-10-6-9-17(21)11-18;/h3-11,16,26H,2,12-14H2,1H3,(H,25,27)(H2,22,23,24);1H. The Morgan fingerprint density at radius 1 is 1.14 bits per heavy atom. The molecule has 1 unspecified atom stereocenters. The summed E-state index contributed by atoms with van der Waals surface area (Å²) >= 11 is 0. The van der Waals surface area contributed by atoms with E-state index in [4.69, 9.17) is 0 Å². The average Bonchev–Trinajstić information content (AvgIpc) is 2.67. The van der Waals surface area contributed by atoms with Crippen LogP contribution in [0.3, 0.4) is 0 Å². The number of anilines is 1. The van der Waals surface area contributed by atoms with Crippen molar-refractivity contribution < 1.29 is 14.3 Å². The second-order valence-corrected chi connectivity index (χ2v) is 5.92. The summed E-state index contributed by atoms with van der Waals surface area (Å²) in [6.07, 6.45) is 0. The van der Waals surface area contributed by atoms with Crippen molar-refractivity contribution in [3.63, 3.8) is 0 Å². The molecule has 0 bridgehead atoms. The van der Waals surface area contributed by atoms with Crippen LogP contribution >= 0.6 is 24.0 Å². The van der Waals surface area contributed by atoms with Gasteiger partial charge in [0.25, 0.3) is 0 Å². The Morgan fingerprint density at radius 3 is 2.54 bits per heavy atom. The third-order valence-corrected chi connectivity index (χ3v) is 3.84. The van der Waals surface area contributed by atoms with Crippen molar-refractivity contribution in [2.75, 3.05) is 31.6 Å². The van der Waals surface area contributed by atoms with Crippen molar-refractivity contribution in [3.8, 4) is 0 Å². The zero-order valence-corrected chi connectivity index (χ0v) is 18.0. The van der Waals surface area contributed by atoms with E-state index < -0.39 is 5.82 Å². The molecule has 0 heterocycles. The van der Waals surface area contributed by atoms with E-state index in [9.17, 15) is 14.3 Å². The first-order valence-electron chi connectivity index (χ1n) is 8.85. The van der Waals surface area contributed by atoms with E-state index in [2.05, 4.69) is 20.9 Å². The van der Waals surface area contributed by atoms with Crippen LogP contribution in [0.15, 0.2) is 59.6 Å². The van der Waals surface area contributed by atoms with Gasteiger partial charge in [0.1, 0.15) is 12.4 Å². The van der Waals surface area contributed by atoms with E-state index in [0.717, 1.165) is 5.56 Å². The summed E-state index contributed by atoms with van der Waals surface area (Å²) in [7, 11) is 0. The van der Waals surface area contributed by atoms with Gasteiger partial charge in [0, 0.05) is 24.7 Å². The number of nitrogens with zero attached hydrogens (tertiary/aromatic N) is 1. The molecule has 2 rings (SSSR count). The number of aliphatic hydroxyl groups excluding tert-OH is 1. The lowest BCUT2D eigenvalue weighted by atomic mass is 10.0. The molecule has 1 atom stereocenters. The van der Waals surface area contributed by atoms with Crippen LogP contribution in [0.2, 0.25) is 0 Å². The number of aliphatic imine (C=N–C) groups is 1. The highest BCUT2D eigenvalue weighted by Crippen LogP contribution is 2.13. The van der Waals surface area contributed by atoms with Gasteiger partial charge in [-0.1, -0.05) is 36.4 Å². The number of carbonyl (C=O) groups is 1. The molecular weight excluding hydrogens is 474 g/mol. The van der Waals surface area contributed by atoms with Crippen LogP contribution in [0.5, 0.6) is 0 Å². The fourth-order valence-electron chi connectivity index (χ4n) is 2.49. The fourth-order valence-corrected chi connectivity index (χ4v) is 2.49. The van der Waals surface area contributed by atoms with Gasteiger partial charge >= 0.3 is 0 Å². The minimum atomic E-state index is -0.415. The molecule has 152 valence electrons. The second-order valence-electron chi connectivity index (χ2n) is 5.92. The van der Waals surface area contributed by atoms with E-state index >= 15 is 0 Å². The van der Waals surface area contributed by atoms with Crippen LogP contribution in [0.4, 0.5) is 10.1 Å². The highest BCUT2D eigenvalue weighted by atomic mass is 127. The molecule has 8 heteroatoms. The van der Waals surface area contributed by atoms with E-state index in [-0.39, 0.29) is 49.0 Å². The Hall–Kier alpha value is -2.20. The molecule has 0 aliphatic rings. The minimum Gasteiger partial charge on any atom is -0.396 e. The summed E-state index contributed by atoms with van der Waals surface area (Å²) in [6, 6.07) is 15.4. The molecule has 0 saturated carbocycles. The molecule has 2 aromatic carbocycles. The predicted molar refractivity (Wildman–Crippen MR) is 121 cm³/mol. The van der Waals surface area contributed by atoms with Gasteiger partial charge in [-0.15, -0.1) is 24.0 Å². The first-order chi connectivity index (χ1) is 13.1. The lowest BCUT2D eigenvalue weighted by Crippen LogP contribution is -2.40. The first kappa shape index (κ1) is 23.8. The molecule has 1 amide bonds. The summed E-state index contributed by atoms with van der Waals surface area (Å²) in [5.74, 6) is -0.376. The number of nitrogens with one attached hydrogen (secondary N) is 3. The zero-order valence-electron chi connectivity index (χ0n) is 15.7. The van der Waals surface area contributed by atoms with Gasteiger partial charge in [0.15, 0.2) is 5.96 Å². The average molecular weight is 500 g/mol. The molecule has 2 aromatic rings. The van der Waals surface area contributed by atoms with Crippen molar-refractivity contribution in [1.29, 1.82) is 0 Å². The van der Waals surface area contributed by atoms with Crippen LogP contribution in [-0.2, 0) is 4.79 Å². The lowest BCUT2D eigenvalue weighted by Gasteiger charge is -2.18. The molecular formula is C20H26FIN4O2. The summed E-state index contributed by atoms with van der Waals surface area (Å²) in [4.78, 5) is 16.3. The maximum absolute atomic E-state index is 13.2. The number of guanidine groups is 1. The minimum absolute atomic E-state index is 0. The Bertz CT molecular complexity index is 759. The SMILES string of the molecule is CCNC(=NCC(=O)Nc1cccc(F)c1)NCC(CO)c1ccccc1.I. The van der Waals surface area contributed by atoms with Gasteiger partial charge in [0.2, 0.25) is 5.91 Å². The number of amides is 1. The molecule has 0 aliphatic heterocycles. The molecule has 28 heavy (non-hydrogen) atoms. The number of hydrogen-bond acceptors (Lipinski definition) is 3. The van der Waals surface area contributed by atoms with Crippen LogP contribution in [0.1, 0.15) is 18.4 Å². The lowest BCUT2D eigenvalue weighted by molar-refractivity contribution is -0.114. The molecule has 0 aliphatic carbocycles. The molecule has 6 nitrogen and oxygen atoms in total. The number of benzene rings is 2. The molecule has 0 aromatic heterocycles. The van der Waals surface area contributed by atoms with E-state index in [1.54, 1.807) is 6.07 Å². The maximum atomic E-state index is 13.2. The molecule has 0 radical (unpaired) electrons. The Balaban J connectivity index is 0.00000392.